The normalized spacial score (nSPS) is 14.6. The molecule has 0 fully saturated rings. The second-order valence-electron chi connectivity index (χ2n) is 4.90. The lowest BCUT2D eigenvalue weighted by atomic mass is 9.86. The van der Waals surface area contributed by atoms with Crippen molar-refractivity contribution in [3.05, 3.63) is 28.3 Å². The summed E-state index contributed by atoms with van der Waals surface area (Å²) in [6.45, 7) is 5.03. The third-order valence-electron chi connectivity index (χ3n) is 3.78. The highest BCUT2D eigenvalue weighted by Gasteiger charge is 2.25. The van der Waals surface area contributed by atoms with E-state index >= 15 is 0 Å². The minimum Gasteiger partial charge on any atom is -0.493 e. The SMILES string of the molecule is CCC(N)(CC)Cc1cc(Cl)cc2c1OCC2. The maximum atomic E-state index is 6.37. The quantitative estimate of drug-likeness (QED) is 0.893. The van der Waals surface area contributed by atoms with Gasteiger partial charge in [-0.15, -0.1) is 0 Å². The molecule has 0 amide bonds. The van der Waals surface area contributed by atoms with E-state index in [1.165, 1.54) is 5.56 Å². The van der Waals surface area contributed by atoms with E-state index in [2.05, 4.69) is 13.8 Å². The first kappa shape index (κ1) is 12.7. The maximum absolute atomic E-state index is 6.37. The first-order valence-corrected chi connectivity index (χ1v) is 6.69. The molecule has 0 radical (unpaired) electrons. The summed E-state index contributed by atoms with van der Waals surface area (Å²) in [6, 6.07) is 4.00. The number of fused-ring (bicyclic) bond motifs is 1. The lowest BCUT2D eigenvalue weighted by molar-refractivity contribution is 0.342. The molecule has 1 aliphatic rings. The molecule has 0 unspecified atom stereocenters. The van der Waals surface area contributed by atoms with Crippen LogP contribution in [-0.4, -0.2) is 12.1 Å². The summed E-state index contributed by atoms with van der Waals surface area (Å²) in [5.74, 6) is 1.02. The minimum atomic E-state index is -0.148. The zero-order chi connectivity index (χ0) is 12.5. The molecule has 1 aromatic carbocycles. The van der Waals surface area contributed by atoms with Crippen molar-refractivity contribution in [1.82, 2.24) is 0 Å². The molecule has 2 rings (SSSR count). The first-order valence-electron chi connectivity index (χ1n) is 6.31. The molecule has 0 aliphatic carbocycles. The van der Waals surface area contributed by atoms with Crippen molar-refractivity contribution < 1.29 is 4.74 Å². The van der Waals surface area contributed by atoms with E-state index in [-0.39, 0.29) is 5.54 Å². The Morgan fingerprint density at radius 1 is 1.35 bits per heavy atom. The summed E-state index contributed by atoms with van der Waals surface area (Å²) in [7, 11) is 0. The Hall–Kier alpha value is -0.730. The summed E-state index contributed by atoms with van der Waals surface area (Å²) in [5.41, 5.74) is 8.61. The number of hydrogen-bond acceptors (Lipinski definition) is 2. The van der Waals surface area contributed by atoms with Gasteiger partial charge in [0, 0.05) is 17.0 Å². The van der Waals surface area contributed by atoms with Crippen molar-refractivity contribution in [1.29, 1.82) is 0 Å². The molecular formula is C14H20ClNO. The summed E-state index contributed by atoms with van der Waals surface area (Å²) >= 11 is 6.15. The van der Waals surface area contributed by atoms with E-state index in [0.717, 1.165) is 48.6 Å². The van der Waals surface area contributed by atoms with Gasteiger partial charge in [-0.1, -0.05) is 25.4 Å². The van der Waals surface area contributed by atoms with Crippen molar-refractivity contribution in [2.45, 2.75) is 45.1 Å². The van der Waals surface area contributed by atoms with Gasteiger partial charge in [0.15, 0.2) is 0 Å². The predicted octanol–water partition coefficient (Wildman–Crippen LogP) is 3.33. The van der Waals surface area contributed by atoms with Gasteiger partial charge in [0.05, 0.1) is 6.61 Å². The van der Waals surface area contributed by atoms with Crippen LogP contribution in [0.15, 0.2) is 12.1 Å². The molecule has 2 nitrogen and oxygen atoms in total. The molecule has 0 atom stereocenters. The zero-order valence-electron chi connectivity index (χ0n) is 10.6. The fraction of sp³-hybridized carbons (Fsp3) is 0.571. The Morgan fingerprint density at radius 3 is 2.71 bits per heavy atom. The third-order valence-corrected chi connectivity index (χ3v) is 3.99. The van der Waals surface area contributed by atoms with E-state index in [4.69, 9.17) is 22.1 Å². The molecular weight excluding hydrogens is 234 g/mol. The number of ether oxygens (including phenoxy) is 1. The topological polar surface area (TPSA) is 35.2 Å². The van der Waals surface area contributed by atoms with Gasteiger partial charge < -0.3 is 10.5 Å². The largest absolute Gasteiger partial charge is 0.493 e. The predicted molar refractivity (Wildman–Crippen MR) is 71.9 cm³/mol. The highest BCUT2D eigenvalue weighted by molar-refractivity contribution is 6.30. The number of nitrogens with two attached hydrogens (primary N) is 1. The van der Waals surface area contributed by atoms with Crippen LogP contribution in [0, 0.1) is 0 Å². The zero-order valence-corrected chi connectivity index (χ0v) is 11.3. The van der Waals surface area contributed by atoms with Gasteiger partial charge in [0.2, 0.25) is 0 Å². The van der Waals surface area contributed by atoms with Crippen molar-refractivity contribution in [3.63, 3.8) is 0 Å². The first-order chi connectivity index (χ1) is 8.08. The van der Waals surface area contributed by atoms with Crippen LogP contribution in [0.2, 0.25) is 5.02 Å². The van der Waals surface area contributed by atoms with Gasteiger partial charge in [-0.3, -0.25) is 0 Å². The minimum absolute atomic E-state index is 0.148. The van der Waals surface area contributed by atoms with Gasteiger partial charge in [-0.05, 0) is 42.5 Å². The monoisotopic (exact) mass is 253 g/mol. The van der Waals surface area contributed by atoms with Crippen LogP contribution in [0.4, 0.5) is 0 Å². The molecule has 1 heterocycles. The van der Waals surface area contributed by atoms with Crippen LogP contribution in [0.3, 0.4) is 0 Å². The molecule has 3 heteroatoms. The van der Waals surface area contributed by atoms with Crippen LogP contribution in [0.25, 0.3) is 0 Å². The van der Waals surface area contributed by atoms with Crippen molar-refractivity contribution in [2.75, 3.05) is 6.61 Å². The standard InChI is InChI=1S/C14H20ClNO/c1-3-14(16,4-2)9-11-8-12(15)7-10-5-6-17-13(10)11/h7-8H,3-6,9,16H2,1-2H3. The van der Waals surface area contributed by atoms with Crippen LogP contribution >= 0.6 is 11.6 Å². The number of hydrogen-bond donors (Lipinski definition) is 1. The number of benzene rings is 1. The van der Waals surface area contributed by atoms with E-state index in [9.17, 15) is 0 Å². The van der Waals surface area contributed by atoms with Crippen LogP contribution in [0.1, 0.15) is 37.8 Å². The Balaban J connectivity index is 2.33. The fourth-order valence-corrected chi connectivity index (χ4v) is 2.62. The molecule has 0 spiro atoms. The Morgan fingerprint density at radius 2 is 2.06 bits per heavy atom. The highest BCUT2D eigenvalue weighted by Crippen LogP contribution is 2.35. The van der Waals surface area contributed by atoms with Gasteiger partial charge in [-0.25, -0.2) is 0 Å². The molecule has 94 valence electrons. The summed E-state index contributed by atoms with van der Waals surface area (Å²) in [6.07, 6.45) is 3.72. The molecule has 0 bridgehead atoms. The van der Waals surface area contributed by atoms with E-state index in [1.54, 1.807) is 0 Å². The molecule has 17 heavy (non-hydrogen) atoms. The molecule has 1 aromatic rings. The fourth-order valence-electron chi connectivity index (χ4n) is 2.36. The summed E-state index contributed by atoms with van der Waals surface area (Å²) in [4.78, 5) is 0. The lowest BCUT2D eigenvalue weighted by Crippen LogP contribution is -2.40. The van der Waals surface area contributed by atoms with Gasteiger partial charge in [0.25, 0.3) is 0 Å². The summed E-state index contributed by atoms with van der Waals surface area (Å²) < 4.78 is 5.71. The Bertz CT molecular complexity index is 413. The second kappa shape index (κ2) is 4.87. The van der Waals surface area contributed by atoms with E-state index in [0.29, 0.717) is 0 Å². The molecule has 0 saturated carbocycles. The second-order valence-corrected chi connectivity index (χ2v) is 5.33. The molecule has 0 saturated heterocycles. The van der Waals surface area contributed by atoms with Crippen LogP contribution in [0.5, 0.6) is 5.75 Å². The van der Waals surface area contributed by atoms with Gasteiger partial charge >= 0.3 is 0 Å². The Kier molecular flexibility index (Phi) is 3.64. The Labute approximate surface area is 108 Å². The average Bonchev–Trinajstić information content (AvgIpc) is 2.77. The molecule has 2 N–H and O–H groups in total. The number of rotatable bonds is 4. The van der Waals surface area contributed by atoms with Crippen molar-refractivity contribution in [3.8, 4) is 5.75 Å². The van der Waals surface area contributed by atoms with Crippen LogP contribution in [-0.2, 0) is 12.8 Å². The van der Waals surface area contributed by atoms with Gasteiger partial charge in [-0.2, -0.15) is 0 Å². The van der Waals surface area contributed by atoms with E-state index in [1.807, 2.05) is 12.1 Å². The van der Waals surface area contributed by atoms with E-state index < -0.39 is 0 Å². The highest BCUT2D eigenvalue weighted by atomic mass is 35.5. The smallest absolute Gasteiger partial charge is 0.125 e. The average molecular weight is 254 g/mol. The molecule has 1 aliphatic heterocycles. The summed E-state index contributed by atoms with van der Waals surface area (Å²) in [5, 5.41) is 0.791. The van der Waals surface area contributed by atoms with Crippen LogP contribution < -0.4 is 10.5 Å². The lowest BCUT2D eigenvalue weighted by Gasteiger charge is -2.27. The third kappa shape index (κ3) is 2.58. The maximum Gasteiger partial charge on any atom is 0.125 e. The molecule has 0 aromatic heterocycles. The number of halogens is 1. The van der Waals surface area contributed by atoms with Gasteiger partial charge in [0.1, 0.15) is 5.75 Å². The van der Waals surface area contributed by atoms with Crippen molar-refractivity contribution >= 4 is 11.6 Å². The van der Waals surface area contributed by atoms with Crippen molar-refractivity contribution in [2.24, 2.45) is 5.73 Å².